The number of primary amides is 1. The number of aromatic nitrogens is 2. The summed E-state index contributed by atoms with van der Waals surface area (Å²) in [5.41, 5.74) is 6.34. The van der Waals surface area contributed by atoms with Gasteiger partial charge in [-0.1, -0.05) is 42.5 Å². The van der Waals surface area contributed by atoms with Gasteiger partial charge in [0.2, 0.25) is 11.8 Å². The van der Waals surface area contributed by atoms with E-state index >= 15 is 0 Å². The second-order valence-corrected chi connectivity index (χ2v) is 5.84. The van der Waals surface area contributed by atoms with E-state index in [9.17, 15) is 14.4 Å². The van der Waals surface area contributed by atoms with Crippen LogP contribution in [-0.4, -0.2) is 21.8 Å². The van der Waals surface area contributed by atoms with E-state index in [0.717, 1.165) is 0 Å². The van der Waals surface area contributed by atoms with Crippen LogP contribution in [0.25, 0.3) is 10.9 Å². The molecular weight excluding hydrogens is 332 g/mol. The number of aromatic amines is 1. The molecule has 132 valence electrons. The van der Waals surface area contributed by atoms with Crippen molar-refractivity contribution in [1.82, 2.24) is 15.3 Å². The molecule has 0 aliphatic heterocycles. The molecule has 4 N–H and O–H groups in total. The van der Waals surface area contributed by atoms with Crippen molar-refractivity contribution >= 4 is 22.7 Å². The number of benzene rings is 2. The predicted molar refractivity (Wildman–Crippen MR) is 97.2 cm³/mol. The lowest BCUT2D eigenvalue weighted by atomic mass is 10.1. The Kier molecular flexibility index (Phi) is 5.07. The summed E-state index contributed by atoms with van der Waals surface area (Å²) >= 11 is 0. The molecule has 0 radical (unpaired) electrons. The zero-order chi connectivity index (χ0) is 18.5. The Labute approximate surface area is 149 Å². The summed E-state index contributed by atoms with van der Waals surface area (Å²) in [4.78, 5) is 42.9. The van der Waals surface area contributed by atoms with Crippen LogP contribution in [0.5, 0.6) is 0 Å². The Morgan fingerprint density at radius 1 is 1.08 bits per heavy atom. The summed E-state index contributed by atoms with van der Waals surface area (Å²) in [7, 11) is 0. The summed E-state index contributed by atoms with van der Waals surface area (Å²) in [6.07, 6.45) is 0.310. The van der Waals surface area contributed by atoms with E-state index in [1.54, 1.807) is 48.5 Å². The number of amides is 2. The first-order valence-corrected chi connectivity index (χ1v) is 8.16. The van der Waals surface area contributed by atoms with Crippen LogP contribution in [0.4, 0.5) is 0 Å². The van der Waals surface area contributed by atoms with Gasteiger partial charge < -0.3 is 16.0 Å². The molecule has 0 bridgehead atoms. The number of hydrogen-bond donors (Lipinski definition) is 3. The summed E-state index contributed by atoms with van der Waals surface area (Å²) < 4.78 is 0. The first-order chi connectivity index (χ1) is 12.5. The molecule has 2 aromatic carbocycles. The van der Waals surface area contributed by atoms with Crippen LogP contribution in [0.15, 0.2) is 59.4 Å². The average molecular weight is 350 g/mol. The van der Waals surface area contributed by atoms with Crippen molar-refractivity contribution < 1.29 is 9.59 Å². The minimum absolute atomic E-state index is 0.0674. The molecule has 7 nitrogen and oxygen atoms in total. The molecule has 1 unspecified atom stereocenters. The van der Waals surface area contributed by atoms with Crippen LogP contribution >= 0.6 is 0 Å². The third-order valence-corrected chi connectivity index (χ3v) is 3.97. The Hall–Kier alpha value is -3.48. The number of rotatable bonds is 6. The lowest BCUT2D eigenvalue weighted by molar-refractivity contribution is -0.127. The summed E-state index contributed by atoms with van der Waals surface area (Å²) in [6, 6.07) is 14.9. The minimum atomic E-state index is -0.896. The van der Waals surface area contributed by atoms with Crippen LogP contribution in [0.1, 0.15) is 23.9 Å². The molecule has 0 spiro atoms. The molecule has 1 aromatic heterocycles. The topological polar surface area (TPSA) is 118 Å². The summed E-state index contributed by atoms with van der Waals surface area (Å²) in [5, 5.41) is 3.12. The standard InChI is InChI=1S/C19H18N4O3/c20-18(25)17(12-6-2-1-3-7-12)23-16(24)11-10-15-21-14-9-5-4-8-13(14)19(26)22-15/h1-9,17H,10-11H2,(H2,20,25)(H,23,24)(H,21,22,26). The van der Waals surface area contributed by atoms with E-state index in [-0.39, 0.29) is 24.3 Å². The molecule has 3 rings (SSSR count). The Bertz CT molecular complexity index is 998. The molecule has 26 heavy (non-hydrogen) atoms. The van der Waals surface area contributed by atoms with Gasteiger partial charge in [0.05, 0.1) is 10.9 Å². The number of carbonyl (C=O) groups is 2. The van der Waals surface area contributed by atoms with Gasteiger partial charge in [-0.3, -0.25) is 14.4 Å². The van der Waals surface area contributed by atoms with Gasteiger partial charge >= 0.3 is 0 Å². The van der Waals surface area contributed by atoms with Crippen molar-refractivity contribution in [3.05, 3.63) is 76.3 Å². The first kappa shape index (κ1) is 17.3. The number of nitrogens with two attached hydrogens (primary N) is 1. The number of H-pyrrole nitrogens is 1. The number of aryl methyl sites for hydroxylation is 1. The van der Waals surface area contributed by atoms with Crippen LogP contribution in [0.2, 0.25) is 0 Å². The SMILES string of the molecule is NC(=O)C(NC(=O)CCc1nc2ccccc2c(=O)[nH]1)c1ccccc1. The van der Waals surface area contributed by atoms with Crippen LogP contribution in [0.3, 0.4) is 0 Å². The highest BCUT2D eigenvalue weighted by atomic mass is 16.2. The summed E-state index contributed by atoms with van der Waals surface area (Å²) in [6.45, 7) is 0. The van der Waals surface area contributed by atoms with Crippen molar-refractivity contribution in [2.75, 3.05) is 0 Å². The molecule has 7 heteroatoms. The van der Waals surface area contributed by atoms with Gasteiger partial charge in [0.25, 0.3) is 5.56 Å². The average Bonchev–Trinajstić information content (AvgIpc) is 2.65. The first-order valence-electron chi connectivity index (χ1n) is 8.16. The number of nitrogens with one attached hydrogen (secondary N) is 2. The van der Waals surface area contributed by atoms with Crippen LogP contribution in [-0.2, 0) is 16.0 Å². The Balaban J connectivity index is 1.68. The Morgan fingerprint density at radius 3 is 2.50 bits per heavy atom. The minimum Gasteiger partial charge on any atom is -0.368 e. The molecule has 0 fully saturated rings. The van der Waals surface area contributed by atoms with Gasteiger partial charge in [-0.15, -0.1) is 0 Å². The van der Waals surface area contributed by atoms with Gasteiger partial charge in [-0.2, -0.15) is 0 Å². The maximum Gasteiger partial charge on any atom is 0.258 e. The van der Waals surface area contributed by atoms with Gasteiger partial charge in [0.15, 0.2) is 0 Å². The van der Waals surface area contributed by atoms with Crippen molar-refractivity contribution in [3.8, 4) is 0 Å². The molecular formula is C19H18N4O3. The molecule has 0 aliphatic rings. The molecule has 0 aliphatic carbocycles. The van der Waals surface area contributed by atoms with Crippen LogP contribution < -0.4 is 16.6 Å². The molecule has 1 atom stereocenters. The zero-order valence-corrected chi connectivity index (χ0v) is 13.9. The highest BCUT2D eigenvalue weighted by Crippen LogP contribution is 2.12. The smallest absolute Gasteiger partial charge is 0.258 e. The highest BCUT2D eigenvalue weighted by Gasteiger charge is 2.20. The molecule has 1 heterocycles. The van der Waals surface area contributed by atoms with Gasteiger partial charge in [-0.25, -0.2) is 4.98 Å². The van der Waals surface area contributed by atoms with E-state index < -0.39 is 11.9 Å². The van der Waals surface area contributed by atoms with E-state index in [2.05, 4.69) is 15.3 Å². The van der Waals surface area contributed by atoms with E-state index in [0.29, 0.717) is 22.3 Å². The maximum atomic E-state index is 12.2. The maximum absolute atomic E-state index is 12.2. The lowest BCUT2D eigenvalue weighted by Gasteiger charge is -2.15. The molecule has 0 saturated carbocycles. The highest BCUT2D eigenvalue weighted by molar-refractivity contribution is 5.87. The fourth-order valence-electron chi connectivity index (χ4n) is 2.68. The third-order valence-electron chi connectivity index (χ3n) is 3.97. The summed E-state index contributed by atoms with van der Waals surface area (Å²) in [5.74, 6) is -0.575. The predicted octanol–water partition coefficient (Wildman–Crippen LogP) is 1.20. The second kappa shape index (κ2) is 7.60. The fourth-order valence-corrected chi connectivity index (χ4v) is 2.68. The van der Waals surface area contributed by atoms with Crippen molar-refractivity contribution in [2.24, 2.45) is 5.73 Å². The quantitative estimate of drug-likeness (QED) is 0.619. The Morgan fingerprint density at radius 2 is 1.77 bits per heavy atom. The largest absolute Gasteiger partial charge is 0.368 e. The van der Waals surface area contributed by atoms with E-state index in [1.807, 2.05) is 6.07 Å². The number of para-hydroxylation sites is 1. The monoisotopic (exact) mass is 350 g/mol. The van der Waals surface area contributed by atoms with Gasteiger partial charge in [0, 0.05) is 12.8 Å². The lowest BCUT2D eigenvalue weighted by Crippen LogP contribution is -2.37. The van der Waals surface area contributed by atoms with Gasteiger partial charge in [-0.05, 0) is 17.7 Å². The number of fused-ring (bicyclic) bond motifs is 1. The number of nitrogens with zero attached hydrogens (tertiary/aromatic N) is 1. The van der Waals surface area contributed by atoms with Crippen molar-refractivity contribution in [1.29, 1.82) is 0 Å². The van der Waals surface area contributed by atoms with E-state index in [4.69, 9.17) is 5.73 Å². The van der Waals surface area contributed by atoms with Crippen LogP contribution in [0, 0.1) is 0 Å². The molecule has 3 aromatic rings. The zero-order valence-electron chi connectivity index (χ0n) is 13.9. The third kappa shape index (κ3) is 3.94. The van der Waals surface area contributed by atoms with Crippen molar-refractivity contribution in [3.63, 3.8) is 0 Å². The normalized spacial score (nSPS) is 11.8. The van der Waals surface area contributed by atoms with E-state index in [1.165, 1.54) is 0 Å². The number of carbonyl (C=O) groups excluding carboxylic acids is 2. The second-order valence-electron chi connectivity index (χ2n) is 5.84. The molecule has 2 amide bonds. The fraction of sp³-hybridized carbons (Fsp3) is 0.158. The van der Waals surface area contributed by atoms with Gasteiger partial charge in [0.1, 0.15) is 11.9 Å². The van der Waals surface area contributed by atoms with Crippen molar-refractivity contribution in [2.45, 2.75) is 18.9 Å². The molecule has 0 saturated heterocycles. The number of hydrogen-bond acceptors (Lipinski definition) is 4.